The Labute approximate surface area is 116 Å². The first kappa shape index (κ1) is 14.2. The van der Waals surface area contributed by atoms with E-state index in [1.54, 1.807) is 19.1 Å². The highest BCUT2D eigenvalue weighted by atomic mass is 19.2. The molecule has 1 unspecified atom stereocenters. The van der Waals surface area contributed by atoms with Crippen molar-refractivity contribution in [3.05, 3.63) is 65.2 Å². The van der Waals surface area contributed by atoms with Gasteiger partial charge in [0.15, 0.2) is 17.7 Å². The van der Waals surface area contributed by atoms with Gasteiger partial charge in [-0.25, -0.2) is 8.78 Å². The van der Waals surface area contributed by atoms with Crippen molar-refractivity contribution >= 4 is 5.78 Å². The van der Waals surface area contributed by atoms with Crippen LogP contribution in [0.2, 0.25) is 0 Å². The lowest BCUT2D eigenvalue weighted by Gasteiger charge is -2.14. The van der Waals surface area contributed by atoms with Crippen LogP contribution in [0.4, 0.5) is 8.78 Å². The fourth-order valence-electron chi connectivity index (χ4n) is 1.83. The number of hydrogen-bond donors (Lipinski definition) is 0. The van der Waals surface area contributed by atoms with E-state index in [2.05, 4.69) is 0 Å². The zero-order valence-electron chi connectivity index (χ0n) is 11.2. The number of benzene rings is 2. The lowest BCUT2D eigenvalue weighted by Crippen LogP contribution is -2.24. The molecule has 0 amide bonds. The number of aryl methyl sites for hydroxylation is 1. The third-order valence-electron chi connectivity index (χ3n) is 2.88. The third kappa shape index (κ3) is 3.20. The number of Topliss-reactive ketones (excluding diaryl/α,β-unsaturated/α-hetero) is 1. The molecule has 0 saturated heterocycles. The highest BCUT2D eigenvalue weighted by Gasteiger charge is 2.18. The van der Waals surface area contributed by atoms with Crippen molar-refractivity contribution in [2.24, 2.45) is 0 Å². The summed E-state index contributed by atoms with van der Waals surface area (Å²) in [4.78, 5) is 12.1. The summed E-state index contributed by atoms with van der Waals surface area (Å²) in [5, 5.41) is 0. The average Bonchev–Trinajstić information content (AvgIpc) is 2.41. The minimum absolute atomic E-state index is 0.0871. The largest absolute Gasteiger partial charge is 0.483 e. The Hall–Kier alpha value is -2.23. The first-order valence-corrected chi connectivity index (χ1v) is 6.20. The Balaban J connectivity index is 2.14. The van der Waals surface area contributed by atoms with Crippen molar-refractivity contribution < 1.29 is 18.3 Å². The summed E-state index contributed by atoms with van der Waals surface area (Å²) in [6.07, 6.45) is -0.776. The van der Waals surface area contributed by atoms with E-state index < -0.39 is 23.5 Å². The van der Waals surface area contributed by atoms with Crippen LogP contribution in [0.1, 0.15) is 22.8 Å². The number of hydrogen-bond acceptors (Lipinski definition) is 2. The lowest BCUT2D eigenvalue weighted by atomic mass is 10.1. The lowest BCUT2D eigenvalue weighted by molar-refractivity contribution is 0.0817. The van der Waals surface area contributed by atoms with Gasteiger partial charge >= 0.3 is 0 Å². The van der Waals surface area contributed by atoms with Gasteiger partial charge in [-0.15, -0.1) is 0 Å². The molecule has 2 aromatic carbocycles. The van der Waals surface area contributed by atoms with E-state index >= 15 is 0 Å². The number of halogens is 2. The van der Waals surface area contributed by atoms with Gasteiger partial charge in [0.05, 0.1) is 0 Å². The molecule has 20 heavy (non-hydrogen) atoms. The Kier molecular flexibility index (Phi) is 4.13. The maximum Gasteiger partial charge on any atom is 0.203 e. The molecule has 1 atom stereocenters. The second-order valence-electron chi connectivity index (χ2n) is 4.57. The van der Waals surface area contributed by atoms with Gasteiger partial charge in [-0.2, -0.15) is 0 Å². The van der Waals surface area contributed by atoms with Crippen LogP contribution < -0.4 is 4.74 Å². The van der Waals surface area contributed by atoms with E-state index in [-0.39, 0.29) is 5.56 Å². The minimum atomic E-state index is -1.04. The van der Waals surface area contributed by atoms with Crippen LogP contribution in [0.25, 0.3) is 0 Å². The van der Waals surface area contributed by atoms with Crippen LogP contribution in [0.5, 0.6) is 5.75 Å². The zero-order valence-corrected chi connectivity index (χ0v) is 11.2. The Bertz CT molecular complexity index is 638. The van der Waals surface area contributed by atoms with Gasteiger partial charge in [0.1, 0.15) is 5.75 Å². The fraction of sp³-hybridized carbons (Fsp3) is 0.188. The van der Waals surface area contributed by atoms with E-state index in [0.29, 0.717) is 5.75 Å². The van der Waals surface area contributed by atoms with Gasteiger partial charge in [-0.05, 0) is 49.7 Å². The van der Waals surface area contributed by atoms with E-state index in [1.807, 2.05) is 19.1 Å². The van der Waals surface area contributed by atoms with Crippen molar-refractivity contribution in [3.63, 3.8) is 0 Å². The zero-order chi connectivity index (χ0) is 14.7. The predicted molar refractivity (Wildman–Crippen MR) is 72.0 cm³/mol. The smallest absolute Gasteiger partial charge is 0.203 e. The molecule has 2 aromatic rings. The van der Waals surface area contributed by atoms with Gasteiger partial charge in [0, 0.05) is 5.56 Å². The molecule has 0 aliphatic carbocycles. The van der Waals surface area contributed by atoms with Crippen LogP contribution in [0.3, 0.4) is 0 Å². The van der Waals surface area contributed by atoms with E-state index in [9.17, 15) is 13.6 Å². The molecule has 104 valence electrons. The molecule has 0 aliphatic rings. The number of ketones is 1. The first-order valence-electron chi connectivity index (χ1n) is 6.20. The SMILES string of the molecule is Cc1cccc(OC(C)C(=O)c2ccc(F)c(F)c2)c1. The van der Waals surface area contributed by atoms with Crippen molar-refractivity contribution in [1.82, 2.24) is 0 Å². The maximum absolute atomic E-state index is 13.1. The van der Waals surface area contributed by atoms with Gasteiger partial charge in [0.25, 0.3) is 0 Å². The van der Waals surface area contributed by atoms with Crippen molar-refractivity contribution in [2.75, 3.05) is 0 Å². The maximum atomic E-state index is 13.1. The van der Waals surface area contributed by atoms with Crippen molar-refractivity contribution in [2.45, 2.75) is 20.0 Å². The summed E-state index contributed by atoms with van der Waals surface area (Å²) in [7, 11) is 0. The second-order valence-corrected chi connectivity index (χ2v) is 4.57. The third-order valence-corrected chi connectivity index (χ3v) is 2.88. The highest BCUT2D eigenvalue weighted by molar-refractivity contribution is 5.99. The molecule has 0 bridgehead atoms. The molecule has 0 aliphatic heterocycles. The minimum Gasteiger partial charge on any atom is -0.483 e. The molecule has 0 radical (unpaired) electrons. The molecule has 0 fully saturated rings. The average molecular weight is 276 g/mol. The second kappa shape index (κ2) is 5.82. The van der Waals surface area contributed by atoms with Crippen LogP contribution in [-0.4, -0.2) is 11.9 Å². The summed E-state index contributed by atoms with van der Waals surface area (Å²) in [5.41, 5.74) is 1.10. The van der Waals surface area contributed by atoms with Crippen LogP contribution in [0.15, 0.2) is 42.5 Å². The summed E-state index contributed by atoms with van der Waals surface area (Å²) in [6, 6.07) is 10.3. The molecular weight excluding hydrogens is 262 g/mol. The van der Waals surface area contributed by atoms with E-state index in [1.165, 1.54) is 6.07 Å². The normalized spacial score (nSPS) is 12.0. The first-order chi connectivity index (χ1) is 9.47. The molecule has 0 N–H and O–H groups in total. The number of rotatable bonds is 4. The molecule has 2 nitrogen and oxygen atoms in total. The summed E-state index contributed by atoms with van der Waals surface area (Å²) < 4.78 is 31.5. The molecule has 0 saturated carbocycles. The highest BCUT2D eigenvalue weighted by Crippen LogP contribution is 2.17. The standard InChI is InChI=1S/C16H14F2O2/c1-10-4-3-5-13(8-10)20-11(2)16(19)12-6-7-14(17)15(18)9-12/h3-9,11H,1-2H3. The number of carbonyl (C=O) groups is 1. The Morgan fingerprint density at radius 1 is 1.10 bits per heavy atom. The van der Waals surface area contributed by atoms with Gasteiger partial charge in [0.2, 0.25) is 5.78 Å². The number of carbonyl (C=O) groups excluding carboxylic acids is 1. The summed E-state index contributed by atoms with van der Waals surface area (Å²) in [6.45, 7) is 3.49. The van der Waals surface area contributed by atoms with Gasteiger partial charge < -0.3 is 4.74 Å². The quantitative estimate of drug-likeness (QED) is 0.791. The number of ether oxygens (including phenoxy) is 1. The predicted octanol–water partition coefficient (Wildman–Crippen LogP) is 3.92. The van der Waals surface area contributed by atoms with E-state index in [4.69, 9.17) is 4.74 Å². The molecular formula is C16H14F2O2. The molecule has 0 spiro atoms. The molecule has 0 aromatic heterocycles. The summed E-state index contributed by atoms with van der Waals surface area (Å²) in [5.74, 6) is -1.86. The van der Waals surface area contributed by atoms with Crippen LogP contribution in [0, 0.1) is 18.6 Å². The van der Waals surface area contributed by atoms with Gasteiger partial charge in [-0.1, -0.05) is 12.1 Å². The Morgan fingerprint density at radius 3 is 2.50 bits per heavy atom. The fourth-order valence-corrected chi connectivity index (χ4v) is 1.83. The van der Waals surface area contributed by atoms with Crippen LogP contribution >= 0.6 is 0 Å². The van der Waals surface area contributed by atoms with E-state index in [0.717, 1.165) is 17.7 Å². The monoisotopic (exact) mass is 276 g/mol. The van der Waals surface area contributed by atoms with Crippen molar-refractivity contribution in [1.29, 1.82) is 0 Å². The van der Waals surface area contributed by atoms with Crippen molar-refractivity contribution in [3.8, 4) is 5.75 Å². The van der Waals surface area contributed by atoms with Crippen LogP contribution in [-0.2, 0) is 0 Å². The Morgan fingerprint density at radius 2 is 1.85 bits per heavy atom. The molecule has 2 rings (SSSR count). The molecule has 0 heterocycles. The topological polar surface area (TPSA) is 26.3 Å². The molecule has 4 heteroatoms. The van der Waals surface area contributed by atoms with Gasteiger partial charge in [-0.3, -0.25) is 4.79 Å². The summed E-state index contributed by atoms with van der Waals surface area (Å²) >= 11 is 0.